The van der Waals surface area contributed by atoms with Gasteiger partial charge in [0, 0.05) is 11.8 Å². The molecule has 16 heavy (non-hydrogen) atoms. The van der Waals surface area contributed by atoms with Crippen LogP contribution in [-0.4, -0.2) is 13.3 Å². The lowest BCUT2D eigenvalue weighted by molar-refractivity contribution is 0.309. The van der Waals surface area contributed by atoms with Crippen molar-refractivity contribution in [1.82, 2.24) is 10.6 Å². The smallest absolute Gasteiger partial charge is 0.119 e. The van der Waals surface area contributed by atoms with Gasteiger partial charge in [-0.3, -0.25) is 0 Å². The van der Waals surface area contributed by atoms with Crippen LogP contribution in [-0.2, 0) is 0 Å². The maximum atomic E-state index is 5.67. The predicted octanol–water partition coefficient (Wildman–Crippen LogP) is 2.31. The van der Waals surface area contributed by atoms with Gasteiger partial charge >= 0.3 is 0 Å². The third kappa shape index (κ3) is 2.69. The van der Waals surface area contributed by atoms with Gasteiger partial charge in [-0.15, -0.1) is 0 Å². The topological polar surface area (TPSA) is 33.3 Å². The van der Waals surface area contributed by atoms with Crippen LogP contribution in [0.3, 0.4) is 0 Å². The van der Waals surface area contributed by atoms with E-state index >= 15 is 0 Å². The van der Waals surface area contributed by atoms with Gasteiger partial charge in [0.25, 0.3) is 0 Å². The van der Waals surface area contributed by atoms with Crippen LogP contribution in [0.25, 0.3) is 5.70 Å². The Bertz CT molecular complexity index is 374. The van der Waals surface area contributed by atoms with Crippen molar-refractivity contribution in [3.05, 3.63) is 36.0 Å². The lowest BCUT2D eigenvalue weighted by Crippen LogP contribution is -2.13. The number of hydrogen-bond acceptors (Lipinski definition) is 3. The zero-order valence-electron chi connectivity index (χ0n) is 9.62. The van der Waals surface area contributed by atoms with Crippen LogP contribution in [0.5, 0.6) is 5.75 Å². The predicted molar refractivity (Wildman–Crippen MR) is 66.0 cm³/mol. The quantitative estimate of drug-likeness (QED) is 0.744. The molecular formula is C13H18N2O. The third-order valence-corrected chi connectivity index (χ3v) is 2.54. The second-order valence-electron chi connectivity index (χ2n) is 3.85. The minimum Gasteiger partial charge on any atom is -0.494 e. The summed E-state index contributed by atoms with van der Waals surface area (Å²) >= 11 is 0. The molecule has 0 fully saturated rings. The summed E-state index contributed by atoms with van der Waals surface area (Å²) in [4.78, 5) is 0. The summed E-state index contributed by atoms with van der Waals surface area (Å²) < 4.78 is 5.67. The Morgan fingerprint density at radius 3 is 3.06 bits per heavy atom. The number of ether oxygens (including phenoxy) is 1. The fourth-order valence-electron chi connectivity index (χ4n) is 1.62. The fraction of sp³-hybridized carbons (Fsp3) is 0.385. The first-order chi connectivity index (χ1) is 7.90. The number of hydrogen-bond donors (Lipinski definition) is 2. The highest BCUT2D eigenvalue weighted by atomic mass is 16.5. The van der Waals surface area contributed by atoms with E-state index in [1.807, 2.05) is 18.3 Å². The number of nitrogens with one attached hydrogen (secondary N) is 2. The standard InChI is InChI=1S/C13H18N2O/c1-2-3-7-16-12-6-4-5-11(8-12)13-9-14-10-15-13/h4-6,8-9,14-15H,2-3,7,10H2,1H3. The molecule has 0 saturated heterocycles. The minimum atomic E-state index is 0.796. The van der Waals surface area contributed by atoms with Crippen molar-refractivity contribution in [2.75, 3.05) is 13.3 Å². The number of benzene rings is 1. The molecule has 1 heterocycles. The molecule has 0 amide bonds. The van der Waals surface area contributed by atoms with E-state index in [0.29, 0.717) is 0 Å². The lowest BCUT2D eigenvalue weighted by atomic mass is 10.1. The molecule has 0 aromatic heterocycles. The maximum Gasteiger partial charge on any atom is 0.119 e. The van der Waals surface area contributed by atoms with Gasteiger partial charge in [0.2, 0.25) is 0 Å². The Morgan fingerprint density at radius 1 is 1.38 bits per heavy atom. The van der Waals surface area contributed by atoms with Crippen LogP contribution in [0.4, 0.5) is 0 Å². The molecule has 1 aromatic rings. The molecule has 3 nitrogen and oxygen atoms in total. The Hall–Kier alpha value is -1.64. The van der Waals surface area contributed by atoms with E-state index in [9.17, 15) is 0 Å². The van der Waals surface area contributed by atoms with Gasteiger partial charge < -0.3 is 15.4 Å². The van der Waals surface area contributed by atoms with Crippen molar-refractivity contribution in [3.63, 3.8) is 0 Å². The molecule has 1 aliphatic heterocycles. The van der Waals surface area contributed by atoms with Crippen molar-refractivity contribution >= 4 is 5.70 Å². The van der Waals surface area contributed by atoms with Gasteiger partial charge in [-0.1, -0.05) is 25.5 Å². The van der Waals surface area contributed by atoms with Gasteiger partial charge in [-0.2, -0.15) is 0 Å². The summed E-state index contributed by atoms with van der Waals surface area (Å²) in [6, 6.07) is 8.18. The second kappa shape index (κ2) is 5.45. The van der Waals surface area contributed by atoms with E-state index in [4.69, 9.17) is 4.74 Å². The maximum absolute atomic E-state index is 5.67. The summed E-state index contributed by atoms with van der Waals surface area (Å²) in [5.74, 6) is 0.945. The van der Waals surface area contributed by atoms with E-state index < -0.39 is 0 Å². The van der Waals surface area contributed by atoms with Gasteiger partial charge in [0.05, 0.1) is 19.0 Å². The molecule has 0 saturated carbocycles. The van der Waals surface area contributed by atoms with Crippen LogP contribution in [0, 0.1) is 0 Å². The third-order valence-electron chi connectivity index (χ3n) is 2.54. The van der Waals surface area contributed by atoms with Gasteiger partial charge in [-0.05, 0) is 18.6 Å². The molecule has 0 bridgehead atoms. The van der Waals surface area contributed by atoms with Crippen LogP contribution >= 0.6 is 0 Å². The average Bonchev–Trinajstić information content (AvgIpc) is 2.83. The molecule has 3 heteroatoms. The molecule has 2 rings (SSSR count). The first-order valence-corrected chi connectivity index (χ1v) is 5.81. The highest BCUT2D eigenvalue weighted by Gasteiger charge is 2.06. The van der Waals surface area contributed by atoms with Crippen molar-refractivity contribution in [2.24, 2.45) is 0 Å². The number of rotatable bonds is 5. The minimum absolute atomic E-state index is 0.796. The Balaban J connectivity index is 2.01. The van der Waals surface area contributed by atoms with Gasteiger partial charge in [-0.25, -0.2) is 0 Å². The van der Waals surface area contributed by atoms with Crippen LogP contribution in [0.15, 0.2) is 30.5 Å². The summed E-state index contributed by atoms with van der Waals surface area (Å²) in [5, 5.41) is 6.39. The van der Waals surface area contributed by atoms with Crippen molar-refractivity contribution < 1.29 is 4.74 Å². The van der Waals surface area contributed by atoms with E-state index in [-0.39, 0.29) is 0 Å². The van der Waals surface area contributed by atoms with Crippen molar-refractivity contribution in [1.29, 1.82) is 0 Å². The van der Waals surface area contributed by atoms with E-state index in [0.717, 1.165) is 37.6 Å². The SMILES string of the molecule is CCCCOc1cccc(C2=CNCN2)c1. The lowest BCUT2D eigenvalue weighted by Gasteiger charge is -2.08. The highest BCUT2D eigenvalue weighted by Crippen LogP contribution is 2.19. The zero-order chi connectivity index (χ0) is 11.2. The second-order valence-corrected chi connectivity index (χ2v) is 3.85. The molecule has 0 aliphatic carbocycles. The molecule has 1 aromatic carbocycles. The van der Waals surface area contributed by atoms with Crippen LogP contribution in [0.2, 0.25) is 0 Å². The van der Waals surface area contributed by atoms with E-state index in [1.54, 1.807) is 0 Å². The summed E-state index contributed by atoms with van der Waals surface area (Å²) in [7, 11) is 0. The molecule has 0 atom stereocenters. The Morgan fingerprint density at radius 2 is 2.31 bits per heavy atom. The Kier molecular flexibility index (Phi) is 3.70. The summed E-state index contributed by atoms with van der Waals surface area (Å²) in [6.45, 7) is 3.76. The van der Waals surface area contributed by atoms with E-state index in [1.165, 1.54) is 5.56 Å². The monoisotopic (exact) mass is 218 g/mol. The molecule has 2 N–H and O–H groups in total. The highest BCUT2D eigenvalue weighted by molar-refractivity contribution is 5.66. The largest absolute Gasteiger partial charge is 0.494 e. The van der Waals surface area contributed by atoms with Crippen molar-refractivity contribution in [3.8, 4) is 5.75 Å². The molecule has 86 valence electrons. The first kappa shape index (κ1) is 10.9. The van der Waals surface area contributed by atoms with Gasteiger partial charge in [0.15, 0.2) is 0 Å². The fourth-order valence-corrected chi connectivity index (χ4v) is 1.62. The van der Waals surface area contributed by atoms with Crippen LogP contribution in [0.1, 0.15) is 25.3 Å². The molecule has 0 radical (unpaired) electrons. The molecular weight excluding hydrogens is 200 g/mol. The van der Waals surface area contributed by atoms with Crippen LogP contribution < -0.4 is 15.4 Å². The van der Waals surface area contributed by atoms with Crippen molar-refractivity contribution in [2.45, 2.75) is 19.8 Å². The molecule has 1 aliphatic rings. The molecule has 0 spiro atoms. The first-order valence-electron chi connectivity index (χ1n) is 5.81. The summed E-state index contributed by atoms with van der Waals surface area (Å²) in [5.41, 5.74) is 2.29. The average molecular weight is 218 g/mol. The Labute approximate surface area is 96.5 Å². The van der Waals surface area contributed by atoms with Gasteiger partial charge in [0.1, 0.15) is 5.75 Å². The normalized spacial score (nSPS) is 13.9. The van der Waals surface area contributed by atoms with E-state index in [2.05, 4.69) is 29.7 Å². The molecule has 0 unspecified atom stereocenters. The summed E-state index contributed by atoms with van der Waals surface area (Å²) in [6.07, 6.45) is 4.26. The zero-order valence-corrected chi connectivity index (χ0v) is 9.62. The number of unbranched alkanes of at least 4 members (excludes halogenated alkanes) is 1.